The topological polar surface area (TPSA) is 46.5 Å². The molecule has 0 spiro atoms. The van der Waals surface area contributed by atoms with Crippen LogP contribution in [0.3, 0.4) is 0 Å². The molecule has 0 amide bonds. The average Bonchev–Trinajstić information content (AvgIpc) is 3.04. The maximum Gasteiger partial charge on any atom is 0.306 e. The average molecular weight is 681 g/mol. The smallest absolute Gasteiger partial charge is 0.306 e. The zero-order chi connectivity index (χ0) is 35.7. The number of carbonyl (C=O) groups excluding carboxylic acids is 1. The summed E-state index contributed by atoms with van der Waals surface area (Å²) >= 11 is 0. The van der Waals surface area contributed by atoms with Gasteiger partial charge >= 0.3 is 5.97 Å². The highest BCUT2D eigenvalue weighted by Gasteiger charge is 2.71. The fraction of sp³-hybridized carbons (Fsp3) is 0.935. The Kier molecular flexibility index (Phi) is 12.6. The van der Waals surface area contributed by atoms with Gasteiger partial charge in [-0.05, 0) is 116 Å². The largest absolute Gasteiger partial charge is 0.462 e. The van der Waals surface area contributed by atoms with Crippen molar-refractivity contribution in [2.45, 2.75) is 216 Å². The first-order chi connectivity index (χ1) is 23.2. The second-order valence-corrected chi connectivity index (χ2v) is 20.2. The highest BCUT2D eigenvalue weighted by Crippen LogP contribution is 2.77. The van der Waals surface area contributed by atoms with Crippen molar-refractivity contribution >= 4 is 5.97 Å². The Balaban J connectivity index is 1.22. The second-order valence-electron chi connectivity index (χ2n) is 20.2. The van der Waals surface area contributed by atoms with E-state index in [4.69, 9.17) is 4.74 Å². The van der Waals surface area contributed by atoms with E-state index in [-0.39, 0.29) is 45.3 Å². The third kappa shape index (κ3) is 7.26. The lowest BCUT2D eigenvalue weighted by molar-refractivity contribution is -0.270. The molecule has 3 nitrogen and oxygen atoms in total. The Labute approximate surface area is 304 Å². The predicted octanol–water partition coefficient (Wildman–Crippen LogP) is 13.0. The summed E-state index contributed by atoms with van der Waals surface area (Å²) in [4.78, 5) is 13.7. The molecule has 0 radical (unpaired) electrons. The SMILES string of the molecule is CCCCCCCCCCCCCCCC(=O)O[C@H]1C[C@]2(C)[C@H](CC[C@@H]3[C@@]4(C)CC[C@H](O)C(C)(C)[C@@H]4CC[C@]32C)[C@H]2[C@H](C)C(C)=CC[C@@]21C. The van der Waals surface area contributed by atoms with Gasteiger partial charge in [0.15, 0.2) is 0 Å². The van der Waals surface area contributed by atoms with Crippen molar-refractivity contribution in [2.24, 2.45) is 56.7 Å². The summed E-state index contributed by atoms with van der Waals surface area (Å²) in [5.41, 5.74) is 2.16. The van der Waals surface area contributed by atoms with Crippen LogP contribution in [0.2, 0.25) is 0 Å². The standard InChI is InChI=1S/C46H80O3/c1-10-11-12-13-14-15-16-17-18-19-20-21-22-23-40(48)49-39-32-46(9)35(41-34(3)33(2)26-29-44(39,41)7)24-25-37-43(6)30-28-38(47)42(4,5)36(43)27-31-45(37,46)8/h26,34-39,41,47H,10-25,27-32H2,1-9H3/t34-,35-,36+,37-,38+,39+,41-,43+,44-,45-,46-/m1/s1. The zero-order valence-corrected chi connectivity index (χ0v) is 33.9. The molecule has 0 bridgehead atoms. The molecule has 4 fully saturated rings. The van der Waals surface area contributed by atoms with Gasteiger partial charge in [-0.15, -0.1) is 0 Å². The molecule has 0 unspecified atom stereocenters. The number of rotatable bonds is 15. The van der Waals surface area contributed by atoms with Crippen molar-refractivity contribution in [3.05, 3.63) is 11.6 Å². The molecule has 1 N–H and O–H groups in total. The lowest BCUT2D eigenvalue weighted by Crippen LogP contribution is -2.69. The summed E-state index contributed by atoms with van der Waals surface area (Å²) in [6.07, 6.45) is 29.3. The van der Waals surface area contributed by atoms with Gasteiger partial charge in [0.05, 0.1) is 6.10 Å². The number of esters is 1. The molecule has 0 aliphatic heterocycles. The van der Waals surface area contributed by atoms with E-state index in [1.165, 1.54) is 96.3 Å². The van der Waals surface area contributed by atoms with Crippen LogP contribution in [-0.4, -0.2) is 23.3 Å². The van der Waals surface area contributed by atoms with Gasteiger partial charge in [0.1, 0.15) is 6.10 Å². The van der Waals surface area contributed by atoms with Crippen molar-refractivity contribution in [1.82, 2.24) is 0 Å². The number of aliphatic hydroxyl groups is 1. The van der Waals surface area contributed by atoms with Crippen LogP contribution in [0.15, 0.2) is 11.6 Å². The third-order valence-electron chi connectivity index (χ3n) is 17.3. The van der Waals surface area contributed by atoms with Gasteiger partial charge in [-0.25, -0.2) is 0 Å². The van der Waals surface area contributed by atoms with E-state index in [2.05, 4.69) is 68.4 Å². The first kappa shape index (κ1) is 39.4. The van der Waals surface area contributed by atoms with E-state index in [0.717, 1.165) is 38.5 Å². The Hall–Kier alpha value is -0.830. The maximum atomic E-state index is 13.7. The van der Waals surface area contributed by atoms with E-state index >= 15 is 0 Å². The molecule has 11 atom stereocenters. The Morgan fingerprint density at radius 2 is 1.35 bits per heavy atom. The molecule has 5 aliphatic carbocycles. The molecule has 0 aromatic carbocycles. The monoisotopic (exact) mass is 681 g/mol. The van der Waals surface area contributed by atoms with Gasteiger partial charge in [-0.2, -0.15) is 0 Å². The van der Waals surface area contributed by atoms with E-state index in [1.807, 2.05) is 0 Å². The van der Waals surface area contributed by atoms with Crippen LogP contribution in [0.1, 0.15) is 204 Å². The number of fused-ring (bicyclic) bond motifs is 7. The van der Waals surface area contributed by atoms with Crippen molar-refractivity contribution in [3.8, 4) is 0 Å². The van der Waals surface area contributed by atoms with Gasteiger partial charge in [-0.3, -0.25) is 4.79 Å². The molecule has 0 aromatic heterocycles. The molecule has 5 rings (SSSR count). The number of allylic oxidation sites excluding steroid dienone is 2. The van der Waals surface area contributed by atoms with E-state index in [9.17, 15) is 9.90 Å². The first-order valence-corrected chi connectivity index (χ1v) is 21.7. The summed E-state index contributed by atoms with van der Waals surface area (Å²) in [6.45, 7) is 22.3. The summed E-state index contributed by atoms with van der Waals surface area (Å²) in [7, 11) is 0. The minimum absolute atomic E-state index is 0.00857. The summed E-state index contributed by atoms with van der Waals surface area (Å²) in [5.74, 6) is 3.04. The minimum atomic E-state index is -0.186. The van der Waals surface area contributed by atoms with E-state index in [0.29, 0.717) is 36.0 Å². The van der Waals surface area contributed by atoms with Crippen LogP contribution in [0.25, 0.3) is 0 Å². The Bertz CT molecular complexity index is 1140. The van der Waals surface area contributed by atoms with Crippen LogP contribution < -0.4 is 0 Å². The fourth-order valence-corrected chi connectivity index (χ4v) is 13.9. The number of aliphatic hydroxyl groups excluding tert-OH is 1. The zero-order valence-electron chi connectivity index (χ0n) is 33.9. The van der Waals surface area contributed by atoms with Gasteiger partial charge in [0.25, 0.3) is 0 Å². The lowest BCUT2D eigenvalue weighted by atomic mass is 9.31. The molecule has 0 heterocycles. The quantitative estimate of drug-likeness (QED) is 0.106. The second kappa shape index (κ2) is 15.6. The number of hydrogen-bond acceptors (Lipinski definition) is 3. The van der Waals surface area contributed by atoms with Crippen LogP contribution in [0, 0.1) is 56.7 Å². The molecule has 282 valence electrons. The summed E-state index contributed by atoms with van der Waals surface area (Å²) in [6, 6.07) is 0. The number of carbonyl (C=O) groups is 1. The first-order valence-electron chi connectivity index (χ1n) is 21.7. The Morgan fingerprint density at radius 1 is 0.755 bits per heavy atom. The summed E-state index contributed by atoms with van der Waals surface area (Å²) < 4.78 is 6.77. The third-order valence-corrected chi connectivity index (χ3v) is 17.3. The number of hydrogen-bond donors (Lipinski definition) is 1. The predicted molar refractivity (Wildman–Crippen MR) is 206 cm³/mol. The maximum absolute atomic E-state index is 13.7. The van der Waals surface area contributed by atoms with Crippen LogP contribution in [0.5, 0.6) is 0 Å². The fourth-order valence-electron chi connectivity index (χ4n) is 13.9. The highest BCUT2D eigenvalue weighted by atomic mass is 16.5. The Morgan fingerprint density at radius 3 is 1.96 bits per heavy atom. The molecule has 49 heavy (non-hydrogen) atoms. The number of unbranched alkanes of at least 4 members (excludes halogenated alkanes) is 12. The molecule has 3 heteroatoms. The van der Waals surface area contributed by atoms with Gasteiger partial charge in [0.2, 0.25) is 0 Å². The molecule has 0 aromatic rings. The van der Waals surface area contributed by atoms with Crippen LogP contribution in [-0.2, 0) is 9.53 Å². The molecule has 5 aliphatic rings. The minimum Gasteiger partial charge on any atom is -0.462 e. The summed E-state index contributed by atoms with van der Waals surface area (Å²) in [5, 5.41) is 11.1. The van der Waals surface area contributed by atoms with Crippen molar-refractivity contribution < 1.29 is 14.6 Å². The lowest BCUT2D eigenvalue weighted by Gasteiger charge is -2.74. The highest BCUT2D eigenvalue weighted by molar-refractivity contribution is 5.69. The van der Waals surface area contributed by atoms with Gasteiger partial charge < -0.3 is 9.84 Å². The number of ether oxygens (including phenoxy) is 1. The van der Waals surface area contributed by atoms with Crippen LogP contribution in [0.4, 0.5) is 0 Å². The molecule has 4 saturated carbocycles. The van der Waals surface area contributed by atoms with Crippen molar-refractivity contribution in [2.75, 3.05) is 0 Å². The van der Waals surface area contributed by atoms with E-state index in [1.54, 1.807) is 5.57 Å². The van der Waals surface area contributed by atoms with Gasteiger partial charge in [0, 0.05) is 11.8 Å². The van der Waals surface area contributed by atoms with E-state index < -0.39 is 0 Å². The van der Waals surface area contributed by atoms with Crippen molar-refractivity contribution in [1.29, 1.82) is 0 Å². The van der Waals surface area contributed by atoms with Gasteiger partial charge in [-0.1, -0.05) is 144 Å². The normalized spacial score (nSPS) is 42.7. The molecular weight excluding hydrogens is 601 g/mol. The van der Waals surface area contributed by atoms with Crippen LogP contribution >= 0.6 is 0 Å². The molecule has 0 saturated heterocycles. The molecular formula is C46H80O3. The van der Waals surface area contributed by atoms with Crippen molar-refractivity contribution in [3.63, 3.8) is 0 Å².